The van der Waals surface area contributed by atoms with Crippen LogP contribution in [-0.2, 0) is 0 Å². The second-order valence-electron chi connectivity index (χ2n) is 4.52. The molecule has 0 spiro atoms. The predicted molar refractivity (Wildman–Crippen MR) is 92.0 cm³/mol. The molecule has 3 rings (SSSR count). The molecule has 0 unspecified atom stereocenters. The molecule has 21 heavy (non-hydrogen) atoms. The predicted octanol–water partition coefficient (Wildman–Crippen LogP) is 6.17. The van der Waals surface area contributed by atoms with Gasteiger partial charge in [0.2, 0.25) is 0 Å². The normalized spacial score (nSPS) is 10.6. The summed E-state index contributed by atoms with van der Waals surface area (Å²) in [5, 5.41) is 5.07. The Morgan fingerprint density at radius 3 is 2.52 bits per heavy atom. The van der Waals surface area contributed by atoms with E-state index in [1.165, 1.54) is 0 Å². The maximum atomic E-state index is 6.19. The average molecular weight is 335 g/mol. The summed E-state index contributed by atoms with van der Waals surface area (Å²) in [6.45, 7) is 2.06. The van der Waals surface area contributed by atoms with Gasteiger partial charge < -0.3 is 5.32 Å². The number of hydrogen-bond acceptors (Lipinski definition) is 3. The molecule has 2 aromatic carbocycles. The third-order valence-corrected chi connectivity index (χ3v) is 4.74. The topological polar surface area (TPSA) is 24.9 Å². The largest absolute Gasteiger partial charge is 0.330 e. The highest BCUT2D eigenvalue weighted by Crippen LogP contribution is 2.35. The minimum Gasteiger partial charge on any atom is -0.330 e. The fourth-order valence-corrected chi connectivity index (χ4v) is 3.23. The summed E-state index contributed by atoms with van der Waals surface area (Å²) in [6.07, 6.45) is 0. The Labute approximate surface area is 137 Å². The molecular formula is C16H12Cl2N2S. The molecule has 5 heteroatoms. The Balaban J connectivity index is 1.93. The summed E-state index contributed by atoms with van der Waals surface area (Å²) in [5.41, 5.74) is 2.86. The molecule has 106 valence electrons. The van der Waals surface area contributed by atoms with Crippen LogP contribution in [0.25, 0.3) is 11.3 Å². The van der Waals surface area contributed by atoms with Crippen LogP contribution in [0.1, 0.15) is 4.88 Å². The van der Waals surface area contributed by atoms with Crippen molar-refractivity contribution in [2.45, 2.75) is 6.92 Å². The van der Waals surface area contributed by atoms with E-state index in [4.69, 9.17) is 23.2 Å². The molecule has 0 saturated heterocycles. The van der Waals surface area contributed by atoms with Gasteiger partial charge in [-0.15, -0.1) is 11.3 Å². The molecule has 0 saturated carbocycles. The second-order valence-corrected chi connectivity index (χ2v) is 6.50. The highest BCUT2D eigenvalue weighted by Gasteiger charge is 2.11. The fourth-order valence-electron chi connectivity index (χ4n) is 2.03. The second kappa shape index (κ2) is 6.06. The molecule has 2 nitrogen and oxygen atoms in total. The van der Waals surface area contributed by atoms with Crippen molar-refractivity contribution < 1.29 is 0 Å². The summed E-state index contributed by atoms with van der Waals surface area (Å²) in [5.74, 6) is 0. The minimum absolute atomic E-state index is 0.508. The molecule has 0 bridgehead atoms. The molecule has 0 aliphatic rings. The number of rotatable bonds is 3. The number of anilines is 2. The Morgan fingerprint density at radius 1 is 1.00 bits per heavy atom. The molecule has 0 fully saturated rings. The lowest BCUT2D eigenvalue weighted by Gasteiger charge is -2.05. The van der Waals surface area contributed by atoms with Crippen LogP contribution in [-0.4, -0.2) is 4.98 Å². The quantitative estimate of drug-likeness (QED) is 0.619. The summed E-state index contributed by atoms with van der Waals surface area (Å²) < 4.78 is 0. The van der Waals surface area contributed by atoms with Gasteiger partial charge in [0.1, 0.15) is 0 Å². The van der Waals surface area contributed by atoms with E-state index in [-0.39, 0.29) is 0 Å². The van der Waals surface area contributed by atoms with Crippen LogP contribution in [0.5, 0.6) is 0 Å². The van der Waals surface area contributed by atoms with Crippen molar-refractivity contribution in [3.8, 4) is 11.3 Å². The Hall–Kier alpha value is -1.55. The third-order valence-electron chi connectivity index (χ3n) is 3.04. The molecule has 0 aliphatic heterocycles. The summed E-state index contributed by atoms with van der Waals surface area (Å²) in [7, 11) is 0. The summed E-state index contributed by atoms with van der Waals surface area (Å²) >= 11 is 13.8. The van der Waals surface area contributed by atoms with E-state index in [0.717, 1.165) is 27.0 Å². The van der Waals surface area contributed by atoms with E-state index < -0.39 is 0 Å². The van der Waals surface area contributed by atoms with Crippen molar-refractivity contribution in [1.82, 2.24) is 4.98 Å². The molecule has 1 heterocycles. The number of halogens is 2. The molecule has 0 aliphatic carbocycles. The van der Waals surface area contributed by atoms with Gasteiger partial charge in [-0.3, -0.25) is 0 Å². The molecular weight excluding hydrogens is 323 g/mol. The molecule has 0 amide bonds. The van der Waals surface area contributed by atoms with E-state index in [0.29, 0.717) is 10.0 Å². The summed E-state index contributed by atoms with van der Waals surface area (Å²) in [4.78, 5) is 5.81. The Morgan fingerprint density at radius 2 is 1.76 bits per heavy atom. The SMILES string of the molecule is Cc1sc(Nc2cccc(Cl)c2Cl)nc1-c1ccccc1. The van der Waals surface area contributed by atoms with Crippen LogP contribution >= 0.6 is 34.5 Å². The molecule has 1 N–H and O–H groups in total. The van der Waals surface area contributed by atoms with E-state index in [2.05, 4.69) is 29.4 Å². The van der Waals surface area contributed by atoms with Gasteiger partial charge in [0.25, 0.3) is 0 Å². The lowest BCUT2D eigenvalue weighted by molar-refractivity contribution is 1.36. The van der Waals surface area contributed by atoms with Gasteiger partial charge in [-0.1, -0.05) is 59.6 Å². The molecule has 1 aromatic heterocycles. The third kappa shape index (κ3) is 3.05. The first-order valence-corrected chi connectivity index (χ1v) is 7.96. The number of benzene rings is 2. The van der Waals surface area contributed by atoms with E-state index in [1.54, 1.807) is 17.4 Å². The number of thiazole rings is 1. The average Bonchev–Trinajstić information content (AvgIpc) is 2.86. The van der Waals surface area contributed by atoms with Crippen LogP contribution in [0.4, 0.5) is 10.8 Å². The number of aryl methyl sites for hydroxylation is 1. The van der Waals surface area contributed by atoms with Crippen molar-refractivity contribution in [3.63, 3.8) is 0 Å². The zero-order valence-electron chi connectivity index (χ0n) is 11.2. The lowest BCUT2D eigenvalue weighted by Crippen LogP contribution is -1.90. The maximum Gasteiger partial charge on any atom is 0.188 e. The van der Waals surface area contributed by atoms with Crippen molar-refractivity contribution in [2.24, 2.45) is 0 Å². The van der Waals surface area contributed by atoms with E-state index in [9.17, 15) is 0 Å². The zero-order chi connectivity index (χ0) is 14.8. The number of nitrogens with one attached hydrogen (secondary N) is 1. The van der Waals surface area contributed by atoms with Crippen molar-refractivity contribution in [2.75, 3.05) is 5.32 Å². The van der Waals surface area contributed by atoms with E-state index in [1.807, 2.05) is 30.3 Å². The smallest absolute Gasteiger partial charge is 0.188 e. The van der Waals surface area contributed by atoms with Gasteiger partial charge in [0.15, 0.2) is 5.13 Å². The van der Waals surface area contributed by atoms with Crippen LogP contribution in [0, 0.1) is 6.92 Å². The summed E-state index contributed by atoms with van der Waals surface area (Å²) in [6, 6.07) is 15.6. The molecule has 3 aromatic rings. The first-order valence-electron chi connectivity index (χ1n) is 6.39. The standard InChI is InChI=1S/C16H12Cl2N2S/c1-10-15(11-6-3-2-4-7-11)20-16(21-10)19-13-9-5-8-12(17)14(13)18/h2-9H,1H3,(H,19,20). The Kier molecular flexibility index (Phi) is 4.15. The van der Waals surface area contributed by atoms with Gasteiger partial charge in [0, 0.05) is 10.4 Å². The maximum absolute atomic E-state index is 6.19. The first kappa shape index (κ1) is 14.4. The van der Waals surface area contributed by atoms with Crippen molar-refractivity contribution >= 4 is 45.4 Å². The highest BCUT2D eigenvalue weighted by atomic mass is 35.5. The monoisotopic (exact) mass is 334 g/mol. The zero-order valence-corrected chi connectivity index (χ0v) is 13.6. The van der Waals surface area contributed by atoms with Gasteiger partial charge in [-0.2, -0.15) is 0 Å². The van der Waals surface area contributed by atoms with Crippen LogP contribution in [0.3, 0.4) is 0 Å². The van der Waals surface area contributed by atoms with Crippen LogP contribution < -0.4 is 5.32 Å². The van der Waals surface area contributed by atoms with Gasteiger partial charge in [-0.25, -0.2) is 4.98 Å². The minimum atomic E-state index is 0.508. The van der Waals surface area contributed by atoms with Gasteiger partial charge in [0.05, 0.1) is 21.4 Å². The fraction of sp³-hybridized carbons (Fsp3) is 0.0625. The first-order chi connectivity index (χ1) is 10.1. The Bertz CT molecular complexity index is 769. The number of nitrogens with zero attached hydrogens (tertiary/aromatic N) is 1. The van der Waals surface area contributed by atoms with Crippen molar-refractivity contribution in [3.05, 3.63) is 63.5 Å². The molecule has 0 atom stereocenters. The molecule has 0 radical (unpaired) electrons. The van der Waals surface area contributed by atoms with Crippen LogP contribution in [0.2, 0.25) is 10.0 Å². The van der Waals surface area contributed by atoms with Crippen molar-refractivity contribution in [1.29, 1.82) is 0 Å². The van der Waals surface area contributed by atoms with Gasteiger partial charge in [-0.05, 0) is 19.1 Å². The number of aromatic nitrogens is 1. The highest BCUT2D eigenvalue weighted by molar-refractivity contribution is 7.16. The van der Waals surface area contributed by atoms with Gasteiger partial charge >= 0.3 is 0 Å². The van der Waals surface area contributed by atoms with E-state index >= 15 is 0 Å². The lowest BCUT2D eigenvalue weighted by atomic mass is 10.1. The number of hydrogen-bond donors (Lipinski definition) is 1. The van der Waals surface area contributed by atoms with Crippen LogP contribution in [0.15, 0.2) is 48.5 Å².